The van der Waals surface area contributed by atoms with Crippen LogP contribution in [0.25, 0.3) is 0 Å². The van der Waals surface area contributed by atoms with Crippen molar-refractivity contribution < 1.29 is 9.18 Å². The predicted molar refractivity (Wildman–Crippen MR) is 79.3 cm³/mol. The minimum absolute atomic E-state index is 0.159. The highest BCUT2D eigenvalue weighted by atomic mass is 19.1. The summed E-state index contributed by atoms with van der Waals surface area (Å²) < 4.78 is 12.9. The maximum absolute atomic E-state index is 12.9. The van der Waals surface area contributed by atoms with Gasteiger partial charge in [0.05, 0.1) is 0 Å². The second kappa shape index (κ2) is 7.27. The molecule has 2 rings (SSSR count). The van der Waals surface area contributed by atoms with Crippen LogP contribution in [0.4, 0.5) is 10.1 Å². The minimum Gasteiger partial charge on any atom is -0.371 e. The second-order valence-corrected chi connectivity index (χ2v) is 5.48. The van der Waals surface area contributed by atoms with Crippen molar-refractivity contribution in [3.05, 3.63) is 30.1 Å². The Bertz CT molecular complexity index is 433. The molecule has 4 heteroatoms. The molecule has 0 spiro atoms. The van der Waals surface area contributed by atoms with Gasteiger partial charge in [-0.25, -0.2) is 4.39 Å². The van der Waals surface area contributed by atoms with Gasteiger partial charge in [0.2, 0.25) is 5.91 Å². The molecule has 0 bridgehead atoms. The zero-order chi connectivity index (χ0) is 14.4. The zero-order valence-electron chi connectivity index (χ0n) is 12.1. The monoisotopic (exact) mass is 278 g/mol. The van der Waals surface area contributed by atoms with E-state index >= 15 is 0 Å². The molecule has 110 valence electrons. The Balaban J connectivity index is 1.75. The third-order valence-corrected chi connectivity index (χ3v) is 3.82. The van der Waals surface area contributed by atoms with E-state index < -0.39 is 0 Å². The second-order valence-electron chi connectivity index (χ2n) is 5.48. The highest BCUT2D eigenvalue weighted by Crippen LogP contribution is 2.23. The van der Waals surface area contributed by atoms with Crippen LogP contribution >= 0.6 is 0 Å². The number of halogens is 1. The molecule has 1 heterocycles. The normalized spacial score (nSPS) is 18.3. The van der Waals surface area contributed by atoms with E-state index in [2.05, 4.69) is 17.1 Å². The lowest BCUT2D eigenvalue weighted by Crippen LogP contribution is -2.30. The molecular formula is C16H23FN2O. The van der Waals surface area contributed by atoms with Crippen molar-refractivity contribution in [2.75, 3.05) is 24.5 Å². The summed E-state index contributed by atoms with van der Waals surface area (Å²) in [5, 5.41) is 3.01. The fourth-order valence-corrected chi connectivity index (χ4v) is 2.57. The molecule has 1 N–H and O–H groups in total. The van der Waals surface area contributed by atoms with E-state index in [0.29, 0.717) is 12.3 Å². The van der Waals surface area contributed by atoms with E-state index in [1.807, 2.05) is 12.1 Å². The molecule has 1 aromatic rings. The highest BCUT2D eigenvalue weighted by molar-refractivity contribution is 5.75. The first-order valence-electron chi connectivity index (χ1n) is 7.46. The van der Waals surface area contributed by atoms with Gasteiger partial charge in [-0.05, 0) is 43.0 Å². The van der Waals surface area contributed by atoms with Crippen molar-refractivity contribution in [3.63, 3.8) is 0 Å². The number of amides is 1. The van der Waals surface area contributed by atoms with Crippen molar-refractivity contribution in [2.45, 2.75) is 32.6 Å². The smallest absolute Gasteiger partial charge is 0.220 e. The van der Waals surface area contributed by atoms with Crippen LogP contribution in [0, 0.1) is 11.7 Å². The van der Waals surface area contributed by atoms with Crippen molar-refractivity contribution in [1.29, 1.82) is 0 Å². The van der Waals surface area contributed by atoms with Gasteiger partial charge in [-0.2, -0.15) is 0 Å². The molecule has 0 radical (unpaired) electrons. The van der Waals surface area contributed by atoms with E-state index in [4.69, 9.17) is 0 Å². The average molecular weight is 278 g/mol. The fourth-order valence-electron chi connectivity index (χ4n) is 2.57. The number of nitrogens with zero attached hydrogens (tertiary/aromatic N) is 1. The Morgan fingerprint density at radius 3 is 2.85 bits per heavy atom. The molecule has 1 amide bonds. The first-order valence-corrected chi connectivity index (χ1v) is 7.46. The number of rotatable bonds is 6. The van der Waals surface area contributed by atoms with Gasteiger partial charge in [0, 0.05) is 31.7 Å². The molecule has 0 saturated carbocycles. The van der Waals surface area contributed by atoms with Gasteiger partial charge < -0.3 is 10.2 Å². The number of hydrogen-bond donors (Lipinski definition) is 1. The van der Waals surface area contributed by atoms with Gasteiger partial charge in [0.1, 0.15) is 5.82 Å². The third-order valence-electron chi connectivity index (χ3n) is 3.82. The molecule has 0 aromatic heterocycles. The van der Waals surface area contributed by atoms with Crippen LogP contribution in [0.1, 0.15) is 32.6 Å². The first kappa shape index (κ1) is 14.8. The Kier molecular flexibility index (Phi) is 5.39. The van der Waals surface area contributed by atoms with E-state index in [1.165, 1.54) is 12.1 Å². The lowest BCUT2D eigenvalue weighted by molar-refractivity contribution is -0.121. The number of unbranched alkanes of at least 4 members (excludes halogenated alkanes) is 1. The summed E-state index contributed by atoms with van der Waals surface area (Å²) in [7, 11) is 0. The molecule has 3 nitrogen and oxygen atoms in total. The summed E-state index contributed by atoms with van der Waals surface area (Å²) in [5.41, 5.74) is 1.06. The number of carbonyl (C=O) groups is 1. The number of hydrogen-bond acceptors (Lipinski definition) is 2. The standard InChI is InChI=1S/C16H23FN2O/c1-2-3-4-16(20)18-11-13-9-10-19(12-13)15-7-5-14(17)6-8-15/h5-8,13H,2-4,9-12H2,1H3,(H,18,20). The Hall–Kier alpha value is -1.58. The van der Waals surface area contributed by atoms with Gasteiger partial charge in [-0.1, -0.05) is 13.3 Å². The van der Waals surface area contributed by atoms with Crippen LogP contribution in [-0.2, 0) is 4.79 Å². The van der Waals surface area contributed by atoms with Crippen LogP contribution in [0.2, 0.25) is 0 Å². The summed E-state index contributed by atoms with van der Waals surface area (Å²) in [4.78, 5) is 13.8. The van der Waals surface area contributed by atoms with Crippen LogP contribution < -0.4 is 10.2 Å². The summed E-state index contributed by atoms with van der Waals surface area (Å²) in [6.45, 7) is 4.74. The summed E-state index contributed by atoms with van der Waals surface area (Å²) in [6, 6.07) is 6.62. The molecular weight excluding hydrogens is 255 g/mol. The van der Waals surface area contributed by atoms with Crippen LogP contribution in [-0.4, -0.2) is 25.5 Å². The maximum Gasteiger partial charge on any atom is 0.220 e. The van der Waals surface area contributed by atoms with Crippen molar-refractivity contribution in [2.24, 2.45) is 5.92 Å². The maximum atomic E-state index is 12.9. The Morgan fingerprint density at radius 2 is 2.15 bits per heavy atom. The molecule has 1 aromatic carbocycles. The van der Waals surface area contributed by atoms with E-state index in [0.717, 1.165) is 44.6 Å². The lowest BCUT2D eigenvalue weighted by atomic mass is 10.1. The van der Waals surface area contributed by atoms with Gasteiger partial charge in [0.15, 0.2) is 0 Å². The summed E-state index contributed by atoms with van der Waals surface area (Å²) in [5.74, 6) is 0.449. The number of anilines is 1. The number of nitrogens with one attached hydrogen (secondary N) is 1. The zero-order valence-corrected chi connectivity index (χ0v) is 12.1. The number of carbonyl (C=O) groups excluding carboxylic acids is 1. The van der Waals surface area contributed by atoms with Gasteiger partial charge in [-0.15, -0.1) is 0 Å². The quantitative estimate of drug-likeness (QED) is 0.867. The predicted octanol–water partition coefficient (Wildman–Crippen LogP) is 2.96. The van der Waals surface area contributed by atoms with E-state index in [9.17, 15) is 9.18 Å². The molecule has 1 aliphatic rings. The SMILES string of the molecule is CCCCC(=O)NCC1CCN(c2ccc(F)cc2)C1. The molecule has 20 heavy (non-hydrogen) atoms. The third kappa shape index (κ3) is 4.22. The Labute approximate surface area is 120 Å². The molecule has 1 unspecified atom stereocenters. The molecule has 1 fully saturated rings. The van der Waals surface area contributed by atoms with Gasteiger partial charge >= 0.3 is 0 Å². The summed E-state index contributed by atoms with van der Waals surface area (Å²) in [6.07, 6.45) is 3.71. The molecule has 1 atom stereocenters. The topological polar surface area (TPSA) is 32.3 Å². The van der Waals surface area contributed by atoms with Crippen molar-refractivity contribution in [3.8, 4) is 0 Å². The first-order chi connectivity index (χ1) is 9.69. The van der Waals surface area contributed by atoms with Gasteiger partial charge in [-0.3, -0.25) is 4.79 Å². The molecule has 1 aliphatic heterocycles. The highest BCUT2D eigenvalue weighted by Gasteiger charge is 2.22. The van der Waals surface area contributed by atoms with Crippen LogP contribution in [0.3, 0.4) is 0 Å². The molecule has 0 aliphatic carbocycles. The average Bonchev–Trinajstić information content (AvgIpc) is 2.92. The van der Waals surface area contributed by atoms with Crippen LogP contribution in [0.5, 0.6) is 0 Å². The number of benzene rings is 1. The Morgan fingerprint density at radius 1 is 1.40 bits per heavy atom. The van der Waals surface area contributed by atoms with E-state index in [-0.39, 0.29) is 11.7 Å². The van der Waals surface area contributed by atoms with Crippen molar-refractivity contribution >= 4 is 11.6 Å². The molecule has 1 saturated heterocycles. The lowest BCUT2D eigenvalue weighted by Gasteiger charge is -2.18. The van der Waals surface area contributed by atoms with Crippen LogP contribution in [0.15, 0.2) is 24.3 Å². The largest absolute Gasteiger partial charge is 0.371 e. The fraction of sp³-hybridized carbons (Fsp3) is 0.562. The van der Waals surface area contributed by atoms with E-state index in [1.54, 1.807) is 0 Å². The minimum atomic E-state index is -0.201. The summed E-state index contributed by atoms with van der Waals surface area (Å²) >= 11 is 0. The van der Waals surface area contributed by atoms with Gasteiger partial charge in [0.25, 0.3) is 0 Å². The van der Waals surface area contributed by atoms with Crippen molar-refractivity contribution in [1.82, 2.24) is 5.32 Å².